The van der Waals surface area contributed by atoms with Crippen LogP contribution >= 0.6 is 11.3 Å². The van der Waals surface area contributed by atoms with E-state index >= 15 is 0 Å². The van der Waals surface area contributed by atoms with Gasteiger partial charge in [-0.3, -0.25) is 0 Å². The molecular weight excluding hydrogens is 725 g/mol. The van der Waals surface area contributed by atoms with Gasteiger partial charge in [-0.05, 0) is 63.1 Å². The summed E-state index contributed by atoms with van der Waals surface area (Å²) in [7, 11) is -1.23. The van der Waals surface area contributed by atoms with E-state index in [9.17, 15) is 0 Å². The second-order valence-corrected chi connectivity index (χ2v) is 18.0. The van der Waals surface area contributed by atoms with Gasteiger partial charge in [-0.25, -0.2) is 0 Å². The third-order valence-corrected chi connectivity index (χ3v) is 10.8. The molecule has 6 rings (SSSR count). The maximum atomic E-state index is 8.72. The zero-order chi connectivity index (χ0) is 30.1. The molecule has 0 fully saturated rings. The molecule has 0 N–H and O–H groups in total. The van der Waals surface area contributed by atoms with Crippen LogP contribution in [0.15, 0.2) is 91.3 Å². The minimum absolute atomic E-state index is 0. The predicted octanol–water partition coefficient (Wildman–Crippen LogP) is 10.1. The Morgan fingerprint density at radius 1 is 0.857 bits per heavy atom. The maximum Gasteiger partial charge on any atom is 0.0795 e. The molecule has 3 aromatic heterocycles. The third-order valence-electron chi connectivity index (χ3n) is 7.62. The summed E-state index contributed by atoms with van der Waals surface area (Å²) in [5, 5.41) is 3.99. The summed E-state index contributed by atoms with van der Waals surface area (Å²) in [5.74, 6) is -0.410. The van der Waals surface area contributed by atoms with Gasteiger partial charge in [0.1, 0.15) is 0 Å². The molecule has 0 aliphatic heterocycles. The number of pyridine rings is 2. The van der Waals surface area contributed by atoms with Gasteiger partial charge in [0.15, 0.2) is 0 Å². The molecule has 0 saturated carbocycles. The van der Waals surface area contributed by atoms with Crippen molar-refractivity contribution in [2.24, 2.45) is 5.92 Å². The molecule has 0 amide bonds. The number of aryl methyl sites for hydroxylation is 1. The van der Waals surface area contributed by atoms with Crippen molar-refractivity contribution in [2.45, 2.75) is 53.2 Å². The van der Waals surface area contributed by atoms with Crippen LogP contribution in [0.3, 0.4) is 0 Å². The summed E-state index contributed by atoms with van der Waals surface area (Å²) in [6.45, 7) is 15.3. The number of hydrogen-bond acceptors (Lipinski definition) is 3. The molecule has 1 radical (unpaired) electrons. The fraction of sp³-hybridized carbons (Fsp3) is 0.243. The first kappa shape index (κ1) is 30.5. The number of benzene rings is 3. The number of rotatable bonds is 5. The van der Waals surface area contributed by atoms with E-state index in [0.29, 0.717) is 0 Å². The quantitative estimate of drug-likeness (QED) is 0.129. The molecule has 0 aliphatic rings. The average molecular weight is 764 g/mol. The van der Waals surface area contributed by atoms with Crippen LogP contribution in [0, 0.1) is 25.0 Å². The SMILES string of the molecule is C[Si](C)(C)c1ccc(-c2[c-]cccc2)nc1.[2H]C(C)(c1ccnc(-c2[c-]ccc3c2sc2cccc(C)c23)c1)C(C)C.[Ir]. The van der Waals surface area contributed by atoms with Crippen LogP contribution in [0.5, 0.6) is 0 Å². The van der Waals surface area contributed by atoms with Crippen LogP contribution in [-0.2, 0) is 20.1 Å². The molecule has 6 aromatic rings. The van der Waals surface area contributed by atoms with Gasteiger partial charge in [0.25, 0.3) is 0 Å². The van der Waals surface area contributed by atoms with Gasteiger partial charge in [-0.1, -0.05) is 81.7 Å². The summed E-state index contributed by atoms with van der Waals surface area (Å²) >= 11 is 1.80. The summed E-state index contributed by atoms with van der Waals surface area (Å²) in [6.07, 6.45) is 3.84. The van der Waals surface area contributed by atoms with Gasteiger partial charge >= 0.3 is 0 Å². The van der Waals surface area contributed by atoms with Gasteiger partial charge < -0.3 is 9.97 Å². The van der Waals surface area contributed by atoms with E-state index in [1.807, 2.05) is 55.7 Å². The van der Waals surface area contributed by atoms with Crippen LogP contribution < -0.4 is 5.19 Å². The van der Waals surface area contributed by atoms with E-state index in [1.165, 1.54) is 30.9 Å². The maximum absolute atomic E-state index is 8.72. The number of aromatic nitrogens is 2. The molecule has 0 spiro atoms. The van der Waals surface area contributed by atoms with Gasteiger partial charge in [0, 0.05) is 38.6 Å². The predicted molar refractivity (Wildman–Crippen MR) is 181 cm³/mol. The molecule has 1 unspecified atom stereocenters. The number of nitrogens with zero attached hydrogens (tertiary/aromatic N) is 2. The third kappa shape index (κ3) is 6.98. The van der Waals surface area contributed by atoms with E-state index in [0.717, 1.165) is 28.1 Å². The molecule has 5 heteroatoms. The largest absolute Gasteiger partial charge is 0.305 e. The molecule has 3 heterocycles. The first-order chi connectivity index (χ1) is 20.0. The molecule has 0 bridgehead atoms. The molecule has 42 heavy (non-hydrogen) atoms. The van der Waals surface area contributed by atoms with Crippen LogP contribution in [0.4, 0.5) is 0 Å². The van der Waals surface area contributed by atoms with Crippen LogP contribution in [0.25, 0.3) is 42.7 Å². The molecule has 1 atom stereocenters. The Morgan fingerprint density at radius 3 is 2.33 bits per heavy atom. The van der Waals surface area contributed by atoms with E-state index in [2.05, 4.69) is 105 Å². The number of hydrogen-bond donors (Lipinski definition) is 0. The second kappa shape index (κ2) is 13.6. The Balaban J connectivity index is 0.000000215. The Kier molecular flexibility index (Phi) is 9.85. The average Bonchev–Trinajstić information content (AvgIpc) is 3.38. The van der Waals surface area contributed by atoms with Gasteiger partial charge in [-0.15, -0.1) is 59.7 Å². The fourth-order valence-corrected chi connectivity index (χ4v) is 7.17. The molecule has 0 saturated heterocycles. The van der Waals surface area contributed by atoms with Crippen molar-refractivity contribution in [3.8, 4) is 22.5 Å². The summed E-state index contributed by atoms with van der Waals surface area (Å²) in [4.78, 5) is 9.14. The Morgan fingerprint density at radius 2 is 1.67 bits per heavy atom. The minimum atomic E-state index is -1.23. The van der Waals surface area contributed by atoms with Crippen LogP contribution in [-0.4, -0.2) is 18.0 Å². The topological polar surface area (TPSA) is 25.8 Å². The summed E-state index contributed by atoms with van der Waals surface area (Å²) in [5.41, 5.74) is 6.29. The second-order valence-electron chi connectivity index (χ2n) is 11.9. The summed E-state index contributed by atoms with van der Waals surface area (Å²) < 4.78 is 11.2. The molecule has 0 aliphatic carbocycles. The first-order valence-corrected chi connectivity index (χ1v) is 18.5. The Bertz CT molecular complexity index is 1820. The van der Waals surface area contributed by atoms with Crippen molar-refractivity contribution in [2.75, 3.05) is 0 Å². The zero-order valence-corrected chi connectivity index (χ0v) is 29.6. The van der Waals surface area contributed by atoms with Crippen molar-refractivity contribution in [3.05, 3.63) is 115 Å². The van der Waals surface area contributed by atoms with E-state index in [4.69, 9.17) is 1.37 Å². The van der Waals surface area contributed by atoms with Crippen molar-refractivity contribution in [1.82, 2.24) is 9.97 Å². The van der Waals surface area contributed by atoms with E-state index in [1.54, 1.807) is 11.3 Å². The smallest absolute Gasteiger partial charge is 0.0795 e. The van der Waals surface area contributed by atoms with Gasteiger partial charge in [-0.2, -0.15) is 11.3 Å². The van der Waals surface area contributed by atoms with Crippen molar-refractivity contribution < 1.29 is 21.5 Å². The first-order valence-electron chi connectivity index (χ1n) is 14.7. The fourth-order valence-electron chi connectivity index (χ4n) is 4.85. The zero-order valence-electron chi connectivity index (χ0n) is 26.4. The van der Waals surface area contributed by atoms with Crippen LogP contribution in [0.1, 0.15) is 39.2 Å². The van der Waals surface area contributed by atoms with Gasteiger partial charge in [0.2, 0.25) is 0 Å². The molecule has 217 valence electrons. The molecule has 3 aromatic carbocycles. The van der Waals surface area contributed by atoms with Gasteiger partial charge in [0.05, 0.1) is 8.07 Å². The summed E-state index contributed by atoms with van der Waals surface area (Å²) in [6, 6.07) is 33.5. The number of fused-ring (bicyclic) bond motifs is 3. The Labute approximate surface area is 271 Å². The van der Waals surface area contributed by atoms with Crippen LogP contribution in [0.2, 0.25) is 19.6 Å². The van der Waals surface area contributed by atoms with Crippen molar-refractivity contribution in [1.29, 1.82) is 0 Å². The molecular formula is C37H38IrN2SSi-2. The van der Waals surface area contributed by atoms with Crippen molar-refractivity contribution in [3.63, 3.8) is 0 Å². The minimum Gasteiger partial charge on any atom is -0.305 e. The van der Waals surface area contributed by atoms with E-state index < -0.39 is 14.0 Å². The normalized spacial score (nSPS) is 13.2. The number of thiophene rings is 1. The van der Waals surface area contributed by atoms with E-state index in [-0.39, 0.29) is 26.0 Å². The Hall–Kier alpha value is -2.95. The standard InChI is InChI=1S/C23H22NS.C14H16NSi.Ir/c1-14(2)16(4)17-11-12-24-20(13-17)18-8-6-9-19-22-15(3)7-5-10-21(22)25-23(18)19;1-16(2,3)13-9-10-14(15-11-13)12-7-5-4-6-8-12;/h5-7,9-14,16H,1-4H3;4-7,9-11H,1-3H3;/q2*-1;/i16D;;. The monoisotopic (exact) mass is 764 g/mol. The van der Waals surface area contributed by atoms with Crippen molar-refractivity contribution >= 4 is 44.8 Å². The molecule has 2 nitrogen and oxygen atoms in total.